The number of nitrogens with one attached hydrogen (secondary N) is 2. The van der Waals surface area contributed by atoms with Gasteiger partial charge in [0.25, 0.3) is 5.91 Å². The van der Waals surface area contributed by atoms with Gasteiger partial charge in [0.2, 0.25) is 5.91 Å². The Kier molecular flexibility index (Phi) is 9.39. The SMILES string of the molecule is CCOc1ccc(OC(C)C(=O)NNC(=O)CCOCC(C)C)cc1. The Morgan fingerprint density at radius 1 is 1.04 bits per heavy atom. The van der Waals surface area contributed by atoms with Crippen LogP contribution in [-0.4, -0.2) is 37.7 Å². The molecule has 2 N–H and O–H groups in total. The molecule has 0 heterocycles. The first-order chi connectivity index (χ1) is 11.9. The maximum Gasteiger partial charge on any atom is 0.279 e. The van der Waals surface area contributed by atoms with Crippen molar-refractivity contribution in [2.75, 3.05) is 19.8 Å². The van der Waals surface area contributed by atoms with Crippen LogP contribution in [0.25, 0.3) is 0 Å². The molecule has 1 atom stereocenters. The lowest BCUT2D eigenvalue weighted by Crippen LogP contribution is -2.47. The van der Waals surface area contributed by atoms with E-state index in [1.54, 1.807) is 31.2 Å². The second-order valence-electron chi connectivity index (χ2n) is 5.92. The van der Waals surface area contributed by atoms with Gasteiger partial charge in [-0.3, -0.25) is 20.4 Å². The van der Waals surface area contributed by atoms with Crippen molar-refractivity contribution in [1.82, 2.24) is 10.9 Å². The first kappa shape index (κ1) is 20.8. The monoisotopic (exact) mass is 352 g/mol. The van der Waals surface area contributed by atoms with Crippen molar-refractivity contribution in [2.45, 2.75) is 40.2 Å². The van der Waals surface area contributed by atoms with Crippen molar-refractivity contribution >= 4 is 11.8 Å². The first-order valence-corrected chi connectivity index (χ1v) is 8.48. The van der Waals surface area contributed by atoms with Crippen LogP contribution in [0, 0.1) is 5.92 Å². The Labute approximate surface area is 149 Å². The lowest BCUT2D eigenvalue weighted by molar-refractivity contribution is -0.133. The van der Waals surface area contributed by atoms with Gasteiger partial charge in [-0.2, -0.15) is 0 Å². The van der Waals surface area contributed by atoms with Gasteiger partial charge in [-0.15, -0.1) is 0 Å². The van der Waals surface area contributed by atoms with E-state index in [0.717, 1.165) is 5.75 Å². The van der Waals surface area contributed by atoms with Crippen molar-refractivity contribution in [3.63, 3.8) is 0 Å². The summed E-state index contributed by atoms with van der Waals surface area (Å²) in [5, 5.41) is 0. The summed E-state index contributed by atoms with van der Waals surface area (Å²) in [5.41, 5.74) is 4.68. The quantitative estimate of drug-likeness (QED) is 0.497. The standard InChI is InChI=1S/C18H28N2O5/c1-5-24-15-6-8-16(9-7-15)25-14(4)18(22)20-19-17(21)10-11-23-12-13(2)3/h6-9,13-14H,5,10-12H2,1-4H3,(H,19,21)(H,20,22). The van der Waals surface area contributed by atoms with Crippen molar-refractivity contribution in [1.29, 1.82) is 0 Å². The number of hydrogen-bond acceptors (Lipinski definition) is 5. The number of ether oxygens (including phenoxy) is 3. The average Bonchev–Trinajstić information content (AvgIpc) is 2.58. The molecule has 25 heavy (non-hydrogen) atoms. The molecule has 1 aromatic carbocycles. The maximum absolute atomic E-state index is 11.9. The van der Waals surface area contributed by atoms with Gasteiger partial charge in [-0.05, 0) is 44.0 Å². The Hall–Kier alpha value is -2.28. The Morgan fingerprint density at radius 3 is 2.28 bits per heavy atom. The fraction of sp³-hybridized carbons (Fsp3) is 0.556. The molecule has 7 heteroatoms. The van der Waals surface area contributed by atoms with Crippen molar-refractivity contribution in [2.24, 2.45) is 5.92 Å². The second-order valence-corrected chi connectivity index (χ2v) is 5.92. The van der Waals surface area contributed by atoms with Gasteiger partial charge < -0.3 is 14.2 Å². The van der Waals surface area contributed by atoms with Gasteiger partial charge in [0.05, 0.1) is 19.6 Å². The molecule has 140 valence electrons. The average molecular weight is 352 g/mol. The minimum atomic E-state index is -0.754. The molecule has 1 unspecified atom stereocenters. The number of rotatable bonds is 10. The molecule has 0 radical (unpaired) electrons. The Balaban J connectivity index is 2.28. The molecule has 0 bridgehead atoms. The fourth-order valence-electron chi connectivity index (χ4n) is 1.82. The van der Waals surface area contributed by atoms with Gasteiger partial charge in [0.15, 0.2) is 6.10 Å². The zero-order chi connectivity index (χ0) is 18.7. The molecule has 0 saturated heterocycles. The van der Waals surface area contributed by atoms with E-state index >= 15 is 0 Å². The topological polar surface area (TPSA) is 85.9 Å². The highest BCUT2D eigenvalue weighted by molar-refractivity contribution is 5.84. The molecule has 0 aliphatic carbocycles. The molecule has 2 amide bonds. The van der Waals surface area contributed by atoms with Gasteiger partial charge in [0, 0.05) is 6.61 Å². The van der Waals surface area contributed by atoms with Crippen molar-refractivity contribution in [3.8, 4) is 11.5 Å². The molecule has 0 saturated carbocycles. The number of amides is 2. The number of benzene rings is 1. The van der Waals surface area contributed by atoms with Crippen LogP contribution in [0.4, 0.5) is 0 Å². The molecular weight excluding hydrogens is 324 g/mol. The van der Waals surface area contributed by atoms with Crippen LogP contribution in [0.5, 0.6) is 11.5 Å². The summed E-state index contributed by atoms with van der Waals surface area (Å²) in [6, 6.07) is 6.98. The third kappa shape index (κ3) is 8.95. The van der Waals surface area contributed by atoms with E-state index in [1.807, 2.05) is 20.8 Å². The summed E-state index contributed by atoms with van der Waals surface area (Å²) >= 11 is 0. The minimum absolute atomic E-state index is 0.182. The van der Waals surface area contributed by atoms with Gasteiger partial charge in [-0.25, -0.2) is 0 Å². The predicted molar refractivity (Wildman–Crippen MR) is 94.3 cm³/mol. The van der Waals surface area contributed by atoms with E-state index in [0.29, 0.717) is 31.5 Å². The minimum Gasteiger partial charge on any atom is -0.494 e. The van der Waals surface area contributed by atoms with Gasteiger partial charge >= 0.3 is 0 Å². The summed E-state index contributed by atoms with van der Waals surface area (Å²) in [7, 11) is 0. The lowest BCUT2D eigenvalue weighted by atomic mass is 10.2. The third-order valence-electron chi connectivity index (χ3n) is 3.07. The van der Waals surface area contributed by atoms with Crippen molar-refractivity contribution < 1.29 is 23.8 Å². The van der Waals surface area contributed by atoms with E-state index in [-0.39, 0.29) is 12.3 Å². The summed E-state index contributed by atoms with van der Waals surface area (Å²) in [6.07, 6.45) is -0.573. The predicted octanol–water partition coefficient (Wildman–Crippen LogP) is 2.06. The number of hydrazine groups is 1. The van der Waals surface area contributed by atoms with Crippen molar-refractivity contribution in [3.05, 3.63) is 24.3 Å². The van der Waals surface area contributed by atoms with Crippen LogP contribution in [-0.2, 0) is 14.3 Å². The van der Waals surface area contributed by atoms with Gasteiger partial charge in [0.1, 0.15) is 11.5 Å². The van der Waals surface area contributed by atoms with E-state index in [4.69, 9.17) is 14.2 Å². The van der Waals surface area contributed by atoms with E-state index in [9.17, 15) is 9.59 Å². The molecule has 1 rings (SSSR count). The maximum atomic E-state index is 11.9. The molecule has 0 aliphatic heterocycles. The molecule has 7 nitrogen and oxygen atoms in total. The zero-order valence-corrected chi connectivity index (χ0v) is 15.3. The van der Waals surface area contributed by atoms with Crippen LogP contribution >= 0.6 is 0 Å². The van der Waals surface area contributed by atoms with Gasteiger partial charge in [-0.1, -0.05) is 13.8 Å². The van der Waals surface area contributed by atoms with Crippen LogP contribution in [0.15, 0.2) is 24.3 Å². The molecule has 1 aromatic rings. The molecule has 0 aliphatic rings. The third-order valence-corrected chi connectivity index (χ3v) is 3.07. The largest absolute Gasteiger partial charge is 0.494 e. The second kappa shape index (κ2) is 11.3. The summed E-state index contributed by atoms with van der Waals surface area (Å²) in [5.74, 6) is 0.942. The Morgan fingerprint density at radius 2 is 1.68 bits per heavy atom. The van der Waals surface area contributed by atoms with Crippen LogP contribution < -0.4 is 20.3 Å². The normalized spacial score (nSPS) is 11.7. The highest BCUT2D eigenvalue weighted by Gasteiger charge is 2.15. The highest BCUT2D eigenvalue weighted by atomic mass is 16.5. The summed E-state index contributed by atoms with van der Waals surface area (Å²) < 4.78 is 16.2. The zero-order valence-electron chi connectivity index (χ0n) is 15.3. The van der Waals surface area contributed by atoms with Crippen LogP contribution in [0.3, 0.4) is 0 Å². The van der Waals surface area contributed by atoms with E-state index in [2.05, 4.69) is 10.9 Å². The number of carbonyl (C=O) groups excluding carboxylic acids is 2. The molecule has 0 spiro atoms. The lowest BCUT2D eigenvalue weighted by Gasteiger charge is -2.15. The number of carbonyl (C=O) groups is 2. The Bertz CT molecular complexity index is 531. The van der Waals surface area contributed by atoms with Crippen LogP contribution in [0.2, 0.25) is 0 Å². The smallest absolute Gasteiger partial charge is 0.279 e. The van der Waals surface area contributed by atoms with E-state index in [1.165, 1.54) is 0 Å². The molecule has 0 aromatic heterocycles. The van der Waals surface area contributed by atoms with Crippen LogP contribution in [0.1, 0.15) is 34.1 Å². The summed E-state index contributed by atoms with van der Waals surface area (Å²) in [4.78, 5) is 23.5. The molecular formula is C18H28N2O5. The summed E-state index contributed by atoms with van der Waals surface area (Å²) in [6.45, 7) is 9.08. The molecule has 0 fully saturated rings. The highest BCUT2D eigenvalue weighted by Crippen LogP contribution is 2.18. The first-order valence-electron chi connectivity index (χ1n) is 8.48. The van der Waals surface area contributed by atoms with E-state index < -0.39 is 12.0 Å². The number of hydrogen-bond donors (Lipinski definition) is 2. The fourth-order valence-corrected chi connectivity index (χ4v) is 1.82.